The van der Waals surface area contributed by atoms with E-state index in [0.717, 1.165) is 16.7 Å². The van der Waals surface area contributed by atoms with Crippen molar-refractivity contribution in [3.63, 3.8) is 0 Å². The number of hydrogen-bond donors (Lipinski definition) is 0. The van der Waals surface area contributed by atoms with Gasteiger partial charge in [-0.2, -0.15) is 0 Å². The van der Waals surface area contributed by atoms with Crippen molar-refractivity contribution in [2.24, 2.45) is 0 Å². The van der Waals surface area contributed by atoms with Crippen molar-refractivity contribution in [1.29, 1.82) is 0 Å². The minimum Gasteiger partial charge on any atom is -0.346 e. The van der Waals surface area contributed by atoms with Crippen molar-refractivity contribution in [2.45, 2.75) is 5.62 Å². The Bertz CT molecular complexity index is 585. The number of aromatic nitrogens is 1. The molecule has 0 saturated heterocycles. The molecule has 1 unspecified atom stereocenters. The molecule has 0 N–H and O–H groups in total. The van der Waals surface area contributed by atoms with E-state index in [1.165, 1.54) is 0 Å². The zero-order chi connectivity index (χ0) is 11.8. The second-order valence-electron chi connectivity index (χ2n) is 4.04. The van der Waals surface area contributed by atoms with Gasteiger partial charge in [0, 0.05) is 24.8 Å². The van der Waals surface area contributed by atoms with E-state index in [2.05, 4.69) is 17.1 Å². The summed E-state index contributed by atoms with van der Waals surface area (Å²) in [5.74, 6) is 0.865. The third kappa shape index (κ3) is 2.11. The first-order valence-corrected chi connectivity index (χ1v) is 5.88. The molecule has 0 aliphatic carbocycles. The van der Waals surface area contributed by atoms with Crippen molar-refractivity contribution in [1.82, 2.24) is 9.88 Å². The number of anilines is 1. The lowest BCUT2D eigenvalue weighted by molar-refractivity contribution is 0.452. The quantitative estimate of drug-likeness (QED) is 0.590. The maximum atomic E-state index is 6.26. The topological polar surface area (TPSA) is 19.4 Å². The summed E-state index contributed by atoms with van der Waals surface area (Å²) in [5, 5.41) is 1.14. The summed E-state index contributed by atoms with van der Waals surface area (Å²) in [6.07, 6.45) is 3.88. The molecule has 1 aliphatic heterocycles. The summed E-state index contributed by atoms with van der Waals surface area (Å²) in [6, 6.07) is 12.1. The number of pyridine rings is 1. The zero-order valence-corrected chi connectivity index (χ0v) is 11.4. The molecular weight excluding hydrogens is 269 g/mol. The van der Waals surface area contributed by atoms with Crippen molar-refractivity contribution in [3.05, 3.63) is 48.8 Å². The molecule has 1 atom stereocenters. The Morgan fingerprint density at radius 3 is 2.61 bits per heavy atom. The largest absolute Gasteiger partial charge is 0.346 e. The number of hydrogen-bond acceptors (Lipinski definition) is 3. The molecule has 2 heterocycles. The number of para-hydroxylation sites is 1. The van der Waals surface area contributed by atoms with E-state index in [1.54, 1.807) is 0 Å². The van der Waals surface area contributed by atoms with Crippen molar-refractivity contribution in [3.8, 4) is 0 Å². The molecule has 18 heavy (non-hydrogen) atoms. The first-order chi connectivity index (χ1) is 8.25. The van der Waals surface area contributed by atoms with Gasteiger partial charge in [0.1, 0.15) is 5.82 Å². The molecule has 0 fully saturated rings. The van der Waals surface area contributed by atoms with Crippen molar-refractivity contribution >= 4 is 40.7 Å². The van der Waals surface area contributed by atoms with Crippen LogP contribution >= 0.6 is 24.0 Å². The van der Waals surface area contributed by atoms with Crippen LogP contribution in [-0.2, 0) is 0 Å². The number of fused-ring (bicyclic) bond motifs is 1. The fourth-order valence-electron chi connectivity index (χ4n) is 1.90. The van der Waals surface area contributed by atoms with Gasteiger partial charge in [0.05, 0.1) is 5.52 Å². The lowest BCUT2D eigenvalue weighted by Gasteiger charge is -2.24. The molecule has 0 saturated carbocycles. The summed E-state index contributed by atoms with van der Waals surface area (Å²) in [4.78, 5) is 8.47. The smallest absolute Gasteiger partial charge is 0.184 e. The van der Waals surface area contributed by atoms with Crippen LogP contribution in [0.1, 0.15) is 0 Å². The minimum atomic E-state index is -0.205. The van der Waals surface area contributed by atoms with E-state index in [4.69, 9.17) is 11.6 Å². The third-order valence-corrected chi connectivity index (χ3v) is 3.39. The van der Waals surface area contributed by atoms with Crippen molar-refractivity contribution < 1.29 is 0 Å². The zero-order valence-electron chi connectivity index (χ0n) is 9.82. The molecule has 0 radical (unpaired) electrons. The van der Waals surface area contributed by atoms with Gasteiger partial charge in [-0.1, -0.05) is 29.8 Å². The van der Waals surface area contributed by atoms with E-state index >= 15 is 0 Å². The Balaban J connectivity index is 0.00000120. The Morgan fingerprint density at radius 1 is 1.11 bits per heavy atom. The molecule has 1 aromatic heterocycles. The normalized spacial score (nSPS) is 18.2. The number of nitrogens with zero attached hydrogens (tertiary/aromatic N) is 3. The third-order valence-electron chi connectivity index (χ3n) is 2.88. The number of benzene rings is 1. The predicted octanol–water partition coefficient (Wildman–Crippen LogP) is 3.40. The number of alkyl halides is 1. The van der Waals surface area contributed by atoms with Crippen LogP contribution < -0.4 is 4.90 Å². The summed E-state index contributed by atoms with van der Waals surface area (Å²) in [7, 11) is 1.94. The fourth-order valence-corrected chi connectivity index (χ4v) is 2.13. The molecular formula is C13H13Cl2N3. The summed E-state index contributed by atoms with van der Waals surface area (Å²) in [6.45, 7) is 0. The van der Waals surface area contributed by atoms with Gasteiger partial charge in [0.15, 0.2) is 5.62 Å². The maximum Gasteiger partial charge on any atom is 0.184 e. The molecule has 3 nitrogen and oxygen atoms in total. The number of halogens is 2. The Labute approximate surface area is 117 Å². The average Bonchev–Trinajstić information content (AvgIpc) is 2.70. The van der Waals surface area contributed by atoms with Crippen LogP contribution in [0.15, 0.2) is 48.8 Å². The molecule has 2 aromatic rings. The second-order valence-corrected chi connectivity index (χ2v) is 4.43. The van der Waals surface area contributed by atoms with Gasteiger partial charge in [-0.15, -0.1) is 12.4 Å². The second kappa shape index (κ2) is 5.04. The van der Waals surface area contributed by atoms with Crippen molar-refractivity contribution in [2.75, 3.05) is 11.9 Å². The van der Waals surface area contributed by atoms with Gasteiger partial charge in [-0.05, 0) is 18.2 Å². The van der Waals surface area contributed by atoms with Crippen LogP contribution in [0, 0.1) is 0 Å². The highest BCUT2D eigenvalue weighted by Gasteiger charge is 2.23. The Kier molecular flexibility index (Phi) is 3.64. The highest BCUT2D eigenvalue weighted by Crippen LogP contribution is 2.25. The lowest BCUT2D eigenvalue weighted by Crippen LogP contribution is -2.31. The van der Waals surface area contributed by atoms with E-state index in [0.29, 0.717) is 0 Å². The van der Waals surface area contributed by atoms with E-state index in [9.17, 15) is 0 Å². The summed E-state index contributed by atoms with van der Waals surface area (Å²) in [5.41, 5.74) is 0.778. The van der Waals surface area contributed by atoms with Crippen LogP contribution in [0.2, 0.25) is 0 Å². The van der Waals surface area contributed by atoms with Crippen LogP contribution in [0.3, 0.4) is 0 Å². The predicted molar refractivity (Wildman–Crippen MR) is 78.0 cm³/mol. The molecule has 0 spiro atoms. The average molecular weight is 282 g/mol. The van der Waals surface area contributed by atoms with E-state index in [-0.39, 0.29) is 18.0 Å². The van der Waals surface area contributed by atoms with E-state index < -0.39 is 0 Å². The minimum absolute atomic E-state index is 0. The first kappa shape index (κ1) is 13.0. The molecule has 94 valence electrons. The van der Waals surface area contributed by atoms with Gasteiger partial charge < -0.3 is 4.90 Å². The maximum absolute atomic E-state index is 6.26. The molecule has 5 heteroatoms. The van der Waals surface area contributed by atoms with Crippen LogP contribution in [0.5, 0.6) is 0 Å². The highest BCUT2D eigenvalue weighted by atomic mass is 35.5. The van der Waals surface area contributed by atoms with E-state index in [1.807, 2.05) is 53.5 Å². The number of rotatable bonds is 1. The SMILES string of the molecule is CN1C=CN(c2ccc3ccccc3n2)C1Cl.Cl. The monoisotopic (exact) mass is 281 g/mol. The Morgan fingerprint density at radius 2 is 1.89 bits per heavy atom. The lowest BCUT2D eigenvalue weighted by atomic mass is 10.2. The summed E-state index contributed by atoms with van der Waals surface area (Å²) < 4.78 is 0. The molecule has 0 amide bonds. The van der Waals surface area contributed by atoms with Crippen LogP contribution in [0.25, 0.3) is 10.9 Å². The standard InChI is InChI=1S/C13H12ClN3.ClH/c1-16-8-9-17(13(16)14)12-7-6-10-4-2-3-5-11(10)15-12;/h2-9,13H,1H3;1H. The van der Waals surface area contributed by atoms with Crippen LogP contribution in [-0.4, -0.2) is 22.6 Å². The first-order valence-electron chi connectivity index (χ1n) is 5.44. The molecule has 0 bridgehead atoms. The fraction of sp³-hybridized carbons (Fsp3) is 0.154. The van der Waals surface area contributed by atoms with Gasteiger partial charge >= 0.3 is 0 Å². The van der Waals surface area contributed by atoms with Gasteiger partial charge in [0.2, 0.25) is 0 Å². The van der Waals surface area contributed by atoms with Crippen LogP contribution in [0.4, 0.5) is 5.82 Å². The van der Waals surface area contributed by atoms with Gasteiger partial charge in [-0.25, -0.2) is 4.98 Å². The van der Waals surface area contributed by atoms with Gasteiger partial charge in [0.25, 0.3) is 0 Å². The highest BCUT2D eigenvalue weighted by molar-refractivity contribution is 6.22. The summed E-state index contributed by atoms with van der Waals surface area (Å²) >= 11 is 6.26. The molecule has 3 rings (SSSR count). The molecule has 1 aliphatic rings. The molecule has 1 aromatic carbocycles. The Hall–Kier alpha value is -1.45. The van der Waals surface area contributed by atoms with Gasteiger partial charge in [-0.3, -0.25) is 4.90 Å².